The van der Waals surface area contributed by atoms with Crippen LogP contribution in [0.5, 0.6) is 5.75 Å². The molecule has 6 heteroatoms. The Labute approximate surface area is 161 Å². The maximum atomic E-state index is 12.7. The van der Waals surface area contributed by atoms with E-state index in [2.05, 4.69) is 5.32 Å². The molecule has 27 heavy (non-hydrogen) atoms. The number of benzene rings is 2. The first-order valence-corrected chi connectivity index (χ1v) is 9.25. The highest BCUT2D eigenvalue weighted by atomic mass is 32.1. The Balaban J connectivity index is 1.71. The summed E-state index contributed by atoms with van der Waals surface area (Å²) in [4.78, 5) is 25.5. The lowest BCUT2D eigenvalue weighted by Gasteiger charge is -2.18. The van der Waals surface area contributed by atoms with Crippen LogP contribution in [0, 0.1) is 0 Å². The van der Waals surface area contributed by atoms with E-state index in [4.69, 9.17) is 9.47 Å². The number of thiophene rings is 1. The normalized spacial score (nSPS) is 11.4. The van der Waals surface area contributed by atoms with Crippen molar-refractivity contribution in [3.63, 3.8) is 0 Å². The second-order valence-corrected chi connectivity index (χ2v) is 6.69. The van der Waals surface area contributed by atoms with E-state index in [1.54, 1.807) is 48.9 Å². The third-order valence-electron chi connectivity index (χ3n) is 3.91. The van der Waals surface area contributed by atoms with Crippen LogP contribution in [0.4, 0.5) is 0 Å². The van der Waals surface area contributed by atoms with Crippen molar-refractivity contribution in [1.82, 2.24) is 5.32 Å². The van der Waals surface area contributed by atoms with Crippen molar-refractivity contribution >= 4 is 23.2 Å². The second-order valence-electron chi connectivity index (χ2n) is 5.74. The summed E-state index contributed by atoms with van der Waals surface area (Å²) in [5, 5.41) is 4.62. The number of methoxy groups -OCH3 is 1. The first-order chi connectivity index (χ1) is 13.2. The zero-order chi connectivity index (χ0) is 19.1. The molecule has 0 fully saturated rings. The van der Waals surface area contributed by atoms with Crippen LogP contribution in [0.3, 0.4) is 0 Å². The summed E-state index contributed by atoms with van der Waals surface area (Å²) in [6.07, 6.45) is -1.01. The highest BCUT2D eigenvalue weighted by Gasteiger charge is 2.25. The van der Waals surface area contributed by atoms with Crippen molar-refractivity contribution < 1.29 is 19.1 Å². The Hall–Kier alpha value is -3.12. The number of hydrogen-bond acceptors (Lipinski definition) is 5. The van der Waals surface area contributed by atoms with Crippen LogP contribution in [0.25, 0.3) is 0 Å². The molecule has 0 aliphatic heterocycles. The van der Waals surface area contributed by atoms with Gasteiger partial charge in [0.1, 0.15) is 10.6 Å². The molecule has 1 aromatic heterocycles. The van der Waals surface area contributed by atoms with Crippen LogP contribution in [0.1, 0.15) is 26.9 Å². The fourth-order valence-electron chi connectivity index (χ4n) is 2.49. The Morgan fingerprint density at radius 1 is 1.00 bits per heavy atom. The van der Waals surface area contributed by atoms with Gasteiger partial charge in [0.25, 0.3) is 5.91 Å². The summed E-state index contributed by atoms with van der Waals surface area (Å²) in [5.74, 6) is -0.141. The number of nitrogens with one attached hydrogen (secondary N) is 1. The number of amides is 1. The van der Waals surface area contributed by atoms with Gasteiger partial charge in [-0.25, -0.2) is 4.79 Å². The molecule has 2 aromatic carbocycles. The van der Waals surface area contributed by atoms with Crippen LogP contribution in [-0.2, 0) is 16.1 Å². The predicted octanol–water partition coefficient (Wildman–Crippen LogP) is 3.97. The predicted molar refractivity (Wildman–Crippen MR) is 104 cm³/mol. The number of carbonyl (C=O) groups is 2. The fourth-order valence-corrected chi connectivity index (χ4v) is 3.09. The zero-order valence-corrected chi connectivity index (χ0v) is 15.6. The van der Waals surface area contributed by atoms with Crippen molar-refractivity contribution in [2.75, 3.05) is 7.11 Å². The highest BCUT2D eigenvalue weighted by Crippen LogP contribution is 2.21. The Kier molecular flexibility index (Phi) is 6.22. The van der Waals surface area contributed by atoms with E-state index in [0.717, 1.165) is 11.3 Å². The lowest BCUT2D eigenvalue weighted by molar-refractivity contribution is -0.130. The van der Waals surface area contributed by atoms with Crippen LogP contribution in [0.2, 0.25) is 0 Å². The van der Waals surface area contributed by atoms with Gasteiger partial charge in [-0.15, -0.1) is 11.3 Å². The highest BCUT2D eigenvalue weighted by molar-refractivity contribution is 7.11. The summed E-state index contributed by atoms with van der Waals surface area (Å²) in [5.41, 5.74) is 1.54. The van der Waals surface area contributed by atoms with E-state index in [-0.39, 0.29) is 5.91 Å². The lowest BCUT2D eigenvalue weighted by Crippen LogP contribution is -2.31. The van der Waals surface area contributed by atoms with Gasteiger partial charge in [0.05, 0.1) is 7.11 Å². The molecule has 5 nitrogen and oxygen atoms in total. The molecule has 1 amide bonds. The number of ether oxygens (including phenoxy) is 2. The molecule has 0 aliphatic rings. The van der Waals surface area contributed by atoms with Gasteiger partial charge >= 0.3 is 5.97 Å². The van der Waals surface area contributed by atoms with E-state index in [9.17, 15) is 9.59 Å². The topological polar surface area (TPSA) is 64.6 Å². The van der Waals surface area contributed by atoms with Crippen molar-refractivity contribution in [2.45, 2.75) is 12.6 Å². The third-order valence-corrected chi connectivity index (χ3v) is 4.76. The number of hydrogen-bond donors (Lipinski definition) is 1. The molecule has 0 saturated heterocycles. The van der Waals surface area contributed by atoms with Crippen molar-refractivity contribution in [3.8, 4) is 5.75 Å². The number of rotatable bonds is 7. The monoisotopic (exact) mass is 381 g/mol. The molecule has 1 heterocycles. The van der Waals surface area contributed by atoms with E-state index < -0.39 is 12.1 Å². The summed E-state index contributed by atoms with van der Waals surface area (Å²) in [7, 11) is 1.60. The summed E-state index contributed by atoms with van der Waals surface area (Å²) < 4.78 is 10.6. The van der Waals surface area contributed by atoms with Crippen molar-refractivity contribution in [3.05, 3.63) is 88.1 Å². The molecular formula is C21H19NO4S. The van der Waals surface area contributed by atoms with Crippen molar-refractivity contribution in [2.24, 2.45) is 0 Å². The largest absolute Gasteiger partial charge is 0.497 e. The van der Waals surface area contributed by atoms with Gasteiger partial charge in [0.2, 0.25) is 6.10 Å². The minimum atomic E-state index is -1.01. The summed E-state index contributed by atoms with van der Waals surface area (Å²) in [6.45, 7) is 0.322. The van der Waals surface area contributed by atoms with Gasteiger partial charge in [0.15, 0.2) is 0 Å². The number of carbonyl (C=O) groups excluding carboxylic acids is 2. The molecule has 0 unspecified atom stereocenters. The standard InChI is InChI=1S/C21H19NO4S/c1-25-17-11-9-15(10-12-17)14-22-20(23)19(16-6-3-2-4-7-16)26-21(24)18-8-5-13-27-18/h2-13,19H,14H2,1H3,(H,22,23)/t19-/m1/s1. The first kappa shape index (κ1) is 18.7. The zero-order valence-electron chi connectivity index (χ0n) is 14.8. The van der Waals surface area contributed by atoms with Crippen LogP contribution >= 0.6 is 11.3 Å². The van der Waals surface area contributed by atoms with Gasteiger partial charge in [0, 0.05) is 12.1 Å². The first-order valence-electron chi connectivity index (χ1n) is 8.37. The minimum Gasteiger partial charge on any atom is -0.497 e. The molecule has 3 rings (SSSR count). The second kappa shape index (κ2) is 9.00. The molecule has 0 bridgehead atoms. The van der Waals surface area contributed by atoms with Gasteiger partial charge in [-0.3, -0.25) is 4.79 Å². The van der Waals surface area contributed by atoms with E-state index >= 15 is 0 Å². The maximum Gasteiger partial charge on any atom is 0.349 e. The molecule has 0 radical (unpaired) electrons. The molecule has 138 valence electrons. The average Bonchev–Trinajstić information content (AvgIpc) is 3.26. The Morgan fingerprint density at radius 2 is 1.74 bits per heavy atom. The Morgan fingerprint density at radius 3 is 2.37 bits per heavy atom. The Bertz CT molecular complexity index is 876. The third kappa shape index (κ3) is 4.95. The van der Waals surface area contributed by atoms with Gasteiger partial charge in [-0.05, 0) is 29.1 Å². The van der Waals surface area contributed by atoms with Gasteiger partial charge in [-0.2, -0.15) is 0 Å². The molecule has 0 aliphatic carbocycles. The van der Waals surface area contributed by atoms with E-state index in [1.807, 2.05) is 30.3 Å². The molecular weight excluding hydrogens is 362 g/mol. The molecule has 0 saturated carbocycles. The molecule has 3 aromatic rings. The van der Waals surface area contributed by atoms with Gasteiger partial charge < -0.3 is 14.8 Å². The van der Waals surface area contributed by atoms with Gasteiger partial charge in [-0.1, -0.05) is 48.5 Å². The van der Waals surface area contributed by atoms with E-state index in [1.165, 1.54) is 11.3 Å². The van der Waals surface area contributed by atoms with Crippen LogP contribution < -0.4 is 10.1 Å². The average molecular weight is 381 g/mol. The molecule has 0 spiro atoms. The van der Waals surface area contributed by atoms with Crippen LogP contribution in [0.15, 0.2) is 72.1 Å². The summed E-state index contributed by atoms with van der Waals surface area (Å²) in [6, 6.07) is 19.8. The fraction of sp³-hybridized carbons (Fsp3) is 0.143. The van der Waals surface area contributed by atoms with Crippen molar-refractivity contribution in [1.29, 1.82) is 0 Å². The summed E-state index contributed by atoms with van der Waals surface area (Å²) >= 11 is 1.28. The quantitative estimate of drug-likeness (QED) is 0.629. The van der Waals surface area contributed by atoms with Crippen LogP contribution in [-0.4, -0.2) is 19.0 Å². The lowest BCUT2D eigenvalue weighted by atomic mass is 10.1. The maximum absolute atomic E-state index is 12.7. The SMILES string of the molecule is COc1ccc(CNC(=O)[C@H](OC(=O)c2cccs2)c2ccccc2)cc1. The van der Waals surface area contributed by atoms with E-state index in [0.29, 0.717) is 17.0 Å². The molecule has 1 N–H and O–H groups in total. The molecule has 1 atom stereocenters. The number of esters is 1. The smallest absolute Gasteiger partial charge is 0.349 e. The minimum absolute atomic E-state index is 0.322.